The molecule has 6 aliphatic rings. The number of aliphatic hydroxyl groups is 2. The van der Waals surface area contributed by atoms with Crippen LogP contribution < -0.4 is 5.73 Å². The van der Waals surface area contributed by atoms with Crippen LogP contribution in [0.15, 0.2) is 22.5 Å². The molecule has 0 radical (unpaired) electrons. The highest BCUT2D eigenvalue weighted by atomic mass is 16.4. The number of fused-ring (bicyclic) bond motifs is 2. The molecule has 0 aliphatic carbocycles. The van der Waals surface area contributed by atoms with Gasteiger partial charge < -0.3 is 36.0 Å². The molecule has 6 aliphatic heterocycles. The van der Waals surface area contributed by atoms with Crippen molar-refractivity contribution in [2.75, 3.05) is 39.3 Å². The van der Waals surface area contributed by atoms with Crippen molar-refractivity contribution in [2.45, 2.75) is 64.8 Å². The molecule has 0 saturated carbocycles. The van der Waals surface area contributed by atoms with Gasteiger partial charge in [0.05, 0.1) is 54.0 Å². The van der Waals surface area contributed by atoms with E-state index in [1.807, 2.05) is 18.7 Å². The number of primary amides is 1. The van der Waals surface area contributed by atoms with E-state index in [0.29, 0.717) is 44.7 Å². The van der Waals surface area contributed by atoms with Crippen LogP contribution in [0.1, 0.15) is 40.5 Å². The fourth-order valence-corrected chi connectivity index (χ4v) is 8.48. The molecule has 10 unspecified atom stereocenters. The maximum Gasteiger partial charge on any atom is 0.352 e. The molecule has 10 atom stereocenters. The van der Waals surface area contributed by atoms with Crippen molar-refractivity contribution in [3.8, 4) is 6.07 Å². The Balaban J connectivity index is 0.000000185. The first kappa shape index (κ1) is 34.5. The standard InChI is InChI=1S/C16H23N3O5.C16H21N3O4/c1-7-10(6-18-4-3-9(5-18)14(17)21)13(16(23)24)19-12(7)11(8(2)20)15(19)22;1-8-11(7-18-4-3-10(5-17)6-18)14(16(22)23)19-13(8)12(9(2)20)15(19)21/h7-9,11-12,20H,3-6H2,1-2H3,(H2,17,21)(H,23,24);8-10,12-13,20H,3-4,6-7H2,1-2H3,(H,22,23). The summed E-state index contributed by atoms with van der Waals surface area (Å²) in [4.78, 5) is 66.0. The smallest absolute Gasteiger partial charge is 0.352 e. The van der Waals surface area contributed by atoms with Gasteiger partial charge in [-0.1, -0.05) is 13.8 Å². The van der Waals surface area contributed by atoms with Crippen molar-refractivity contribution >= 4 is 29.7 Å². The molecule has 6 heterocycles. The van der Waals surface area contributed by atoms with Crippen molar-refractivity contribution in [3.05, 3.63) is 22.5 Å². The maximum absolute atomic E-state index is 12.3. The van der Waals surface area contributed by atoms with Crippen LogP contribution >= 0.6 is 0 Å². The van der Waals surface area contributed by atoms with Crippen LogP contribution in [-0.4, -0.2) is 133 Å². The number of aliphatic hydroxyl groups excluding tert-OH is 2. The summed E-state index contributed by atoms with van der Waals surface area (Å²) in [5.41, 5.74) is 6.88. The Morgan fingerprint density at radius 3 is 1.60 bits per heavy atom. The van der Waals surface area contributed by atoms with E-state index in [1.165, 1.54) is 9.80 Å². The molecule has 0 spiro atoms. The Hall–Kier alpha value is -3.84. The van der Waals surface area contributed by atoms with E-state index in [-0.39, 0.29) is 64.9 Å². The van der Waals surface area contributed by atoms with Crippen molar-refractivity contribution in [1.82, 2.24) is 19.6 Å². The lowest BCUT2D eigenvalue weighted by Crippen LogP contribution is -2.63. The normalized spacial score (nSPS) is 34.7. The molecule has 0 aromatic heterocycles. The average Bonchev–Trinajstić information content (AvgIpc) is 3.74. The summed E-state index contributed by atoms with van der Waals surface area (Å²) in [5, 5.41) is 47.8. The molecule has 15 nitrogen and oxygen atoms in total. The number of likely N-dealkylation sites (tertiary alicyclic amines) is 2. The van der Waals surface area contributed by atoms with E-state index in [4.69, 9.17) is 11.0 Å². The summed E-state index contributed by atoms with van der Waals surface area (Å²) in [7, 11) is 0. The number of β-lactam (4-membered cyclic amide) rings is 2. The summed E-state index contributed by atoms with van der Waals surface area (Å²) < 4.78 is 0. The van der Waals surface area contributed by atoms with Crippen LogP contribution in [0.3, 0.4) is 0 Å². The van der Waals surface area contributed by atoms with E-state index < -0.39 is 36.0 Å². The van der Waals surface area contributed by atoms with Gasteiger partial charge in [-0.2, -0.15) is 5.26 Å². The molecule has 0 bridgehead atoms. The summed E-state index contributed by atoms with van der Waals surface area (Å²) in [6.45, 7) is 10.4. The van der Waals surface area contributed by atoms with Crippen molar-refractivity contribution in [1.29, 1.82) is 5.26 Å². The molecule has 6 N–H and O–H groups in total. The number of nitrogens with two attached hydrogens (primary N) is 1. The fourth-order valence-electron chi connectivity index (χ4n) is 8.48. The Labute approximate surface area is 272 Å². The topological polar surface area (TPSA) is 229 Å². The second kappa shape index (κ2) is 13.0. The molecular weight excluding hydrogens is 612 g/mol. The molecule has 4 fully saturated rings. The van der Waals surface area contributed by atoms with Gasteiger partial charge in [0.1, 0.15) is 11.4 Å². The molecule has 4 saturated heterocycles. The predicted molar refractivity (Wildman–Crippen MR) is 163 cm³/mol. The minimum absolute atomic E-state index is 0.00976. The molecular formula is C32H44N6O9. The van der Waals surface area contributed by atoms with Crippen LogP contribution in [-0.2, 0) is 24.0 Å². The molecule has 3 amide bonds. The molecule has 6 rings (SSSR count). The summed E-state index contributed by atoms with van der Waals surface area (Å²) in [6.07, 6.45) is -0.123. The maximum atomic E-state index is 12.3. The monoisotopic (exact) mass is 656 g/mol. The van der Waals surface area contributed by atoms with Gasteiger partial charge in [0.15, 0.2) is 0 Å². The van der Waals surface area contributed by atoms with Crippen molar-refractivity contribution in [3.63, 3.8) is 0 Å². The van der Waals surface area contributed by atoms with Crippen molar-refractivity contribution in [2.24, 2.45) is 41.2 Å². The number of hydrogen-bond acceptors (Lipinski definition) is 10. The van der Waals surface area contributed by atoms with Gasteiger partial charge in [0.2, 0.25) is 17.7 Å². The number of nitriles is 1. The second-order valence-corrected chi connectivity index (χ2v) is 13.8. The lowest BCUT2D eigenvalue weighted by Gasteiger charge is -2.46. The summed E-state index contributed by atoms with van der Waals surface area (Å²) in [5.74, 6) is -4.72. The highest BCUT2D eigenvalue weighted by Gasteiger charge is 2.61. The minimum Gasteiger partial charge on any atom is -0.477 e. The average molecular weight is 657 g/mol. The van der Waals surface area contributed by atoms with Crippen LogP contribution in [0.5, 0.6) is 0 Å². The van der Waals surface area contributed by atoms with Gasteiger partial charge in [-0.05, 0) is 50.9 Å². The first-order chi connectivity index (χ1) is 22.1. The molecule has 15 heteroatoms. The van der Waals surface area contributed by atoms with Gasteiger partial charge >= 0.3 is 11.9 Å². The molecule has 256 valence electrons. The zero-order valence-corrected chi connectivity index (χ0v) is 27.1. The van der Waals surface area contributed by atoms with Gasteiger partial charge in [-0.3, -0.25) is 24.2 Å². The first-order valence-corrected chi connectivity index (χ1v) is 16.2. The Kier molecular flexibility index (Phi) is 9.53. The largest absolute Gasteiger partial charge is 0.477 e. The van der Waals surface area contributed by atoms with E-state index >= 15 is 0 Å². The third-order valence-electron chi connectivity index (χ3n) is 11.0. The van der Waals surface area contributed by atoms with Gasteiger partial charge in [0.25, 0.3) is 0 Å². The number of amides is 3. The Bertz CT molecular complexity index is 1470. The second-order valence-electron chi connectivity index (χ2n) is 13.8. The number of carboxylic acid groups (broad SMARTS) is 2. The highest BCUT2D eigenvalue weighted by Crippen LogP contribution is 2.48. The third kappa shape index (κ3) is 5.81. The number of rotatable bonds is 9. The van der Waals surface area contributed by atoms with Crippen LogP contribution in [0.25, 0.3) is 0 Å². The SMILES string of the molecule is CC(O)C1C(=O)N2C(C(=O)O)=C(CN3CCC(C#N)C3)C(C)C12.CC(O)C1C(=O)N2C(C(=O)O)=C(CN3CCC(C(N)=O)C3)C(C)C12. The molecule has 0 aromatic rings. The zero-order chi connectivity index (χ0) is 34.6. The van der Waals surface area contributed by atoms with Crippen LogP contribution in [0.2, 0.25) is 0 Å². The number of nitrogens with zero attached hydrogens (tertiary/aromatic N) is 5. The van der Waals surface area contributed by atoms with Gasteiger partial charge in [0, 0.05) is 38.0 Å². The van der Waals surface area contributed by atoms with Gasteiger partial charge in [-0.15, -0.1) is 0 Å². The summed E-state index contributed by atoms with van der Waals surface area (Å²) in [6, 6.07) is 1.69. The Morgan fingerprint density at radius 1 is 0.830 bits per heavy atom. The number of hydrogen-bond donors (Lipinski definition) is 5. The lowest BCUT2D eigenvalue weighted by molar-refractivity contribution is -0.163. The molecule has 0 aromatic carbocycles. The third-order valence-corrected chi connectivity index (χ3v) is 11.0. The zero-order valence-electron chi connectivity index (χ0n) is 27.1. The number of carbonyl (C=O) groups is 5. The minimum atomic E-state index is -1.12. The van der Waals surface area contributed by atoms with Crippen LogP contribution in [0, 0.1) is 46.8 Å². The van der Waals surface area contributed by atoms with E-state index in [0.717, 1.165) is 18.5 Å². The van der Waals surface area contributed by atoms with Crippen LogP contribution in [0.4, 0.5) is 0 Å². The first-order valence-electron chi connectivity index (χ1n) is 16.2. The highest BCUT2D eigenvalue weighted by molar-refractivity contribution is 6.01. The van der Waals surface area contributed by atoms with E-state index in [2.05, 4.69) is 11.0 Å². The van der Waals surface area contributed by atoms with Gasteiger partial charge in [-0.25, -0.2) is 9.59 Å². The lowest BCUT2D eigenvalue weighted by atomic mass is 9.77. The number of aliphatic carboxylic acids is 2. The van der Waals surface area contributed by atoms with Crippen molar-refractivity contribution < 1.29 is 44.4 Å². The number of carbonyl (C=O) groups excluding carboxylic acids is 3. The van der Waals surface area contributed by atoms with E-state index in [1.54, 1.807) is 13.8 Å². The van der Waals surface area contributed by atoms with E-state index in [9.17, 15) is 44.4 Å². The quantitative estimate of drug-likeness (QED) is 0.189. The summed E-state index contributed by atoms with van der Waals surface area (Å²) >= 11 is 0. The Morgan fingerprint density at radius 2 is 1.26 bits per heavy atom. The molecule has 47 heavy (non-hydrogen) atoms. The number of carboxylic acids is 2. The predicted octanol–water partition coefficient (Wildman–Crippen LogP) is -0.982. The fraction of sp³-hybridized carbons (Fsp3) is 0.688.